The summed E-state index contributed by atoms with van der Waals surface area (Å²) in [6.07, 6.45) is 5.92. The van der Waals surface area contributed by atoms with E-state index in [1.165, 1.54) is 24.4 Å². The van der Waals surface area contributed by atoms with Gasteiger partial charge in [-0.05, 0) is 79.6 Å². The highest BCUT2D eigenvalue weighted by Gasteiger charge is 2.47. The normalized spacial score (nSPS) is 25.5. The molecule has 0 amide bonds. The van der Waals surface area contributed by atoms with E-state index in [2.05, 4.69) is 30.9 Å². The lowest BCUT2D eigenvalue weighted by molar-refractivity contribution is 0.108. The van der Waals surface area contributed by atoms with Crippen molar-refractivity contribution >= 4 is 37.7 Å². The SMILES string of the molecule is C=C1CN2CCCC2(COc2nc(N3CCCC4(CNS(=O)(=O)N4)C3)c3cnc(-c4cc(O)cc5ccc(F)c(CC)c45)c(F)c3n2)C1. The lowest BCUT2D eigenvalue weighted by atomic mass is 9.90. The van der Waals surface area contributed by atoms with Gasteiger partial charge >= 0.3 is 6.01 Å². The van der Waals surface area contributed by atoms with Crippen molar-refractivity contribution in [3.05, 3.63) is 59.8 Å². The zero-order chi connectivity index (χ0) is 33.4. The fraction of sp³-hybridized carbons (Fsp3) is 0.441. The Morgan fingerprint density at radius 2 is 1.98 bits per heavy atom. The number of rotatable bonds is 6. The molecular formula is C34H37F2N7O4S. The first-order chi connectivity index (χ1) is 23.0. The van der Waals surface area contributed by atoms with E-state index < -0.39 is 27.4 Å². The Bertz CT molecular complexity index is 2120. The number of nitrogens with one attached hydrogen (secondary N) is 2. The number of piperidine rings is 1. The molecule has 4 fully saturated rings. The number of aryl methyl sites for hydroxylation is 1. The van der Waals surface area contributed by atoms with Crippen molar-refractivity contribution in [2.75, 3.05) is 44.2 Å². The van der Waals surface area contributed by atoms with Crippen molar-refractivity contribution in [3.63, 3.8) is 0 Å². The van der Waals surface area contributed by atoms with Crippen molar-refractivity contribution in [2.45, 2.75) is 56.5 Å². The molecule has 2 aromatic carbocycles. The minimum atomic E-state index is -3.63. The van der Waals surface area contributed by atoms with Crippen LogP contribution in [0.25, 0.3) is 32.9 Å². The number of halogens is 2. The fourth-order valence-electron chi connectivity index (χ4n) is 8.32. The van der Waals surface area contributed by atoms with E-state index in [4.69, 9.17) is 9.72 Å². The van der Waals surface area contributed by atoms with Crippen molar-refractivity contribution in [3.8, 4) is 23.0 Å². The molecule has 4 aromatic rings. The summed E-state index contributed by atoms with van der Waals surface area (Å²) in [5, 5.41) is 12.0. The van der Waals surface area contributed by atoms with E-state index in [0.717, 1.165) is 37.9 Å². The minimum absolute atomic E-state index is 0.00176. The first-order valence-electron chi connectivity index (χ1n) is 16.4. The molecule has 2 unspecified atom stereocenters. The second-order valence-electron chi connectivity index (χ2n) is 13.7. The summed E-state index contributed by atoms with van der Waals surface area (Å²) in [5.41, 5.74) is 0.685. The summed E-state index contributed by atoms with van der Waals surface area (Å²) >= 11 is 0. The summed E-state index contributed by atoms with van der Waals surface area (Å²) < 4.78 is 68.3. The molecule has 1 spiro atoms. The molecule has 0 bridgehead atoms. The minimum Gasteiger partial charge on any atom is -0.508 e. The monoisotopic (exact) mass is 677 g/mol. The van der Waals surface area contributed by atoms with E-state index in [9.17, 15) is 13.5 Å². The Labute approximate surface area is 277 Å². The maximum absolute atomic E-state index is 17.0. The highest BCUT2D eigenvalue weighted by Crippen LogP contribution is 2.42. The predicted octanol–water partition coefficient (Wildman–Crippen LogP) is 4.34. The Morgan fingerprint density at radius 3 is 2.77 bits per heavy atom. The third kappa shape index (κ3) is 5.16. The van der Waals surface area contributed by atoms with Gasteiger partial charge in [0.1, 0.15) is 35.2 Å². The molecule has 3 N–H and O–H groups in total. The third-order valence-corrected chi connectivity index (χ3v) is 11.7. The number of phenolic OH excluding ortho intramolecular Hbond substituents is 1. The van der Waals surface area contributed by atoms with Gasteiger partial charge in [-0.15, -0.1) is 0 Å². The molecule has 2 atom stereocenters. The van der Waals surface area contributed by atoms with Crippen molar-refractivity contribution in [1.29, 1.82) is 0 Å². The van der Waals surface area contributed by atoms with Gasteiger partial charge in [0, 0.05) is 37.9 Å². The summed E-state index contributed by atoms with van der Waals surface area (Å²) in [4.78, 5) is 18.3. The average Bonchev–Trinajstić information content (AvgIpc) is 3.68. The second kappa shape index (κ2) is 11.3. The number of fused-ring (bicyclic) bond motifs is 3. The second-order valence-corrected chi connectivity index (χ2v) is 15.2. The molecule has 14 heteroatoms. The number of anilines is 1. The lowest BCUT2D eigenvalue weighted by Gasteiger charge is -2.40. The molecule has 0 radical (unpaired) electrons. The summed E-state index contributed by atoms with van der Waals surface area (Å²) in [6.45, 7) is 9.16. The first kappa shape index (κ1) is 31.3. The van der Waals surface area contributed by atoms with Gasteiger partial charge in [0.15, 0.2) is 5.82 Å². The number of hydrogen-bond acceptors (Lipinski definition) is 9. The van der Waals surface area contributed by atoms with E-state index >= 15 is 8.78 Å². The standard InChI is InChI=1S/C34H37F2N7O4S/c1-3-23-26(35)7-6-21-12-22(44)13-24(27(21)23)29-28(36)30-25(15-37-29)31(42-10-4-8-33(18-42)17-38-48(45,46)41-33)40-32(39-30)47-19-34-9-5-11-43(34)16-20(2)14-34/h6-7,12-13,15,38,41,44H,2-5,8-11,14,16-19H2,1H3. The van der Waals surface area contributed by atoms with Gasteiger partial charge in [-0.1, -0.05) is 25.1 Å². The van der Waals surface area contributed by atoms with Crippen LogP contribution in [0, 0.1) is 11.6 Å². The van der Waals surface area contributed by atoms with E-state index in [1.54, 1.807) is 6.07 Å². The van der Waals surface area contributed by atoms with Crippen LogP contribution in [0.2, 0.25) is 0 Å². The van der Waals surface area contributed by atoms with E-state index in [0.29, 0.717) is 66.5 Å². The van der Waals surface area contributed by atoms with Crippen LogP contribution in [0.4, 0.5) is 14.6 Å². The Hall–Kier alpha value is -3.98. The molecule has 4 aliphatic rings. The van der Waals surface area contributed by atoms with Gasteiger partial charge in [0.25, 0.3) is 10.2 Å². The Balaban J connectivity index is 1.27. The van der Waals surface area contributed by atoms with Crippen LogP contribution >= 0.6 is 0 Å². The van der Waals surface area contributed by atoms with Crippen LogP contribution in [0.15, 0.2) is 42.6 Å². The van der Waals surface area contributed by atoms with Crippen molar-refractivity contribution < 1.29 is 27.0 Å². The van der Waals surface area contributed by atoms with Crippen molar-refractivity contribution in [1.82, 2.24) is 29.3 Å². The molecule has 6 heterocycles. The topological polar surface area (TPSA) is 133 Å². The number of aromatic nitrogens is 3. The van der Waals surface area contributed by atoms with E-state index in [-0.39, 0.29) is 40.6 Å². The number of aromatic hydroxyl groups is 1. The molecule has 0 saturated carbocycles. The molecule has 252 valence electrons. The smallest absolute Gasteiger partial charge is 0.319 e. The molecule has 4 saturated heterocycles. The van der Waals surface area contributed by atoms with Gasteiger partial charge in [-0.25, -0.2) is 13.5 Å². The van der Waals surface area contributed by atoms with Crippen LogP contribution < -0.4 is 19.1 Å². The average molecular weight is 678 g/mol. The van der Waals surface area contributed by atoms with Gasteiger partial charge in [0.05, 0.1) is 16.5 Å². The molecule has 2 aromatic heterocycles. The number of ether oxygens (including phenoxy) is 1. The van der Waals surface area contributed by atoms with Gasteiger partial charge in [-0.3, -0.25) is 9.88 Å². The number of benzene rings is 2. The number of nitrogens with zero attached hydrogens (tertiary/aromatic N) is 5. The van der Waals surface area contributed by atoms with Crippen LogP contribution in [0.1, 0.15) is 44.6 Å². The number of hydrogen-bond donors (Lipinski definition) is 3. The Morgan fingerprint density at radius 1 is 1.15 bits per heavy atom. The maximum Gasteiger partial charge on any atom is 0.319 e. The zero-order valence-electron chi connectivity index (χ0n) is 26.7. The molecular weight excluding hydrogens is 640 g/mol. The van der Waals surface area contributed by atoms with Crippen molar-refractivity contribution in [2.24, 2.45) is 0 Å². The Kier molecular flexibility index (Phi) is 7.36. The molecule has 4 aliphatic heterocycles. The van der Waals surface area contributed by atoms with Crippen LogP contribution in [-0.4, -0.2) is 83.8 Å². The summed E-state index contributed by atoms with van der Waals surface area (Å²) in [7, 11) is -3.63. The number of phenols is 1. The molecule has 11 nitrogen and oxygen atoms in total. The summed E-state index contributed by atoms with van der Waals surface area (Å²) in [5.74, 6) is -0.908. The molecule has 0 aliphatic carbocycles. The van der Waals surface area contributed by atoms with Crippen LogP contribution in [0.5, 0.6) is 11.8 Å². The first-order valence-corrected chi connectivity index (χ1v) is 17.9. The zero-order valence-corrected chi connectivity index (χ0v) is 27.5. The summed E-state index contributed by atoms with van der Waals surface area (Å²) in [6, 6.07) is 5.81. The van der Waals surface area contributed by atoms with Gasteiger partial charge in [0.2, 0.25) is 0 Å². The highest BCUT2D eigenvalue weighted by molar-refractivity contribution is 7.87. The highest BCUT2D eigenvalue weighted by atomic mass is 32.2. The van der Waals surface area contributed by atoms with Crippen LogP contribution in [0.3, 0.4) is 0 Å². The lowest BCUT2D eigenvalue weighted by Crippen LogP contribution is -2.56. The predicted molar refractivity (Wildman–Crippen MR) is 178 cm³/mol. The third-order valence-electron chi connectivity index (χ3n) is 10.4. The quantitative estimate of drug-likeness (QED) is 0.255. The number of pyridine rings is 1. The fourth-order valence-corrected chi connectivity index (χ4v) is 9.67. The molecule has 48 heavy (non-hydrogen) atoms. The largest absolute Gasteiger partial charge is 0.508 e. The van der Waals surface area contributed by atoms with Gasteiger partial charge in [-0.2, -0.15) is 23.1 Å². The van der Waals surface area contributed by atoms with Gasteiger partial charge < -0.3 is 14.7 Å². The maximum atomic E-state index is 17.0. The van der Waals surface area contributed by atoms with E-state index in [1.807, 2.05) is 11.8 Å². The van der Waals surface area contributed by atoms with Crippen LogP contribution in [-0.2, 0) is 16.6 Å². The molecule has 8 rings (SSSR count).